The van der Waals surface area contributed by atoms with E-state index in [1.54, 1.807) is 0 Å². The van der Waals surface area contributed by atoms with Crippen LogP contribution < -0.4 is 0 Å². The molecule has 38 heavy (non-hydrogen) atoms. The average molecular weight is 576 g/mol. The van der Waals surface area contributed by atoms with Gasteiger partial charge in [0.05, 0.1) is 11.7 Å². The van der Waals surface area contributed by atoms with Gasteiger partial charge in [-0.15, -0.1) is 37.2 Å². The topological polar surface area (TPSA) is 55.4 Å². The third kappa shape index (κ3) is 7.17. The van der Waals surface area contributed by atoms with Gasteiger partial charge in [0, 0.05) is 44.0 Å². The van der Waals surface area contributed by atoms with Gasteiger partial charge in [0.25, 0.3) is 0 Å². The highest BCUT2D eigenvalue weighted by Gasteiger charge is 2.28. The van der Waals surface area contributed by atoms with Crippen LogP contribution in [-0.4, -0.2) is 57.6 Å². The molecular formula is C30H37Cl3N4O. The average Bonchev–Trinajstić information content (AvgIpc) is 3.28. The summed E-state index contributed by atoms with van der Waals surface area (Å²) in [6.45, 7) is 8.41. The number of aryl methyl sites for hydroxylation is 2. The summed E-state index contributed by atoms with van der Waals surface area (Å²) in [6.07, 6.45) is -0.616. The second kappa shape index (κ2) is 14.7. The van der Waals surface area contributed by atoms with Crippen LogP contribution in [0.2, 0.25) is 0 Å². The molecule has 1 aromatic heterocycles. The summed E-state index contributed by atoms with van der Waals surface area (Å²) < 4.78 is 0. The lowest BCUT2D eigenvalue weighted by Gasteiger charge is -2.40. The van der Waals surface area contributed by atoms with Crippen molar-refractivity contribution in [1.82, 2.24) is 19.8 Å². The van der Waals surface area contributed by atoms with Gasteiger partial charge >= 0.3 is 0 Å². The van der Waals surface area contributed by atoms with E-state index in [1.807, 2.05) is 19.1 Å². The van der Waals surface area contributed by atoms with Crippen molar-refractivity contribution in [2.45, 2.75) is 26.0 Å². The molecule has 204 valence electrons. The molecule has 0 radical (unpaired) electrons. The minimum absolute atomic E-state index is 0. The Morgan fingerprint density at radius 1 is 0.763 bits per heavy atom. The molecule has 8 heteroatoms. The summed E-state index contributed by atoms with van der Waals surface area (Å²) in [5.41, 5.74) is 6.58. The number of benzene rings is 3. The highest BCUT2D eigenvalue weighted by molar-refractivity contribution is 5.86. The smallest absolute Gasteiger partial charge is 0.138 e. The van der Waals surface area contributed by atoms with Gasteiger partial charge in [-0.25, -0.2) is 4.98 Å². The molecule has 0 aliphatic carbocycles. The maximum absolute atomic E-state index is 11.1. The van der Waals surface area contributed by atoms with Crippen molar-refractivity contribution < 1.29 is 5.11 Å². The molecule has 4 aromatic rings. The van der Waals surface area contributed by atoms with E-state index in [4.69, 9.17) is 4.98 Å². The Hall–Kier alpha value is -2.38. The Morgan fingerprint density at radius 2 is 1.29 bits per heavy atom. The molecule has 0 spiro atoms. The third-order valence-electron chi connectivity index (χ3n) is 7.07. The van der Waals surface area contributed by atoms with Crippen molar-refractivity contribution in [2.75, 3.05) is 32.7 Å². The van der Waals surface area contributed by atoms with E-state index in [-0.39, 0.29) is 43.3 Å². The second-order valence-electron chi connectivity index (χ2n) is 9.49. The van der Waals surface area contributed by atoms with Crippen LogP contribution in [0.3, 0.4) is 0 Å². The fraction of sp³-hybridized carbons (Fsp3) is 0.300. The second-order valence-corrected chi connectivity index (χ2v) is 9.49. The first-order valence-corrected chi connectivity index (χ1v) is 12.5. The highest BCUT2D eigenvalue weighted by Crippen LogP contribution is 2.30. The van der Waals surface area contributed by atoms with Gasteiger partial charge < -0.3 is 10.1 Å². The van der Waals surface area contributed by atoms with E-state index >= 15 is 0 Å². The van der Waals surface area contributed by atoms with Crippen molar-refractivity contribution in [2.24, 2.45) is 0 Å². The van der Waals surface area contributed by atoms with E-state index in [1.165, 1.54) is 16.7 Å². The molecule has 1 saturated heterocycles. The van der Waals surface area contributed by atoms with Crippen LogP contribution in [0.25, 0.3) is 11.4 Å². The maximum atomic E-state index is 11.1. The molecule has 1 aliphatic rings. The van der Waals surface area contributed by atoms with E-state index in [9.17, 15) is 5.11 Å². The van der Waals surface area contributed by atoms with Crippen LogP contribution in [0, 0.1) is 13.8 Å². The molecule has 1 fully saturated rings. The number of hydrogen-bond acceptors (Lipinski definition) is 4. The number of aliphatic hydroxyl groups excluding tert-OH is 1. The number of aliphatic hydroxyl groups is 1. The number of aromatic amines is 1. The Kier molecular flexibility index (Phi) is 12.3. The minimum Gasteiger partial charge on any atom is -0.385 e. The molecule has 2 heterocycles. The van der Waals surface area contributed by atoms with Crippen molar-refractivity contribution in [3.05, 3.63) is 113 Å². The van der Waals surface area contributed by atoms with Crippen LogP contribution in [-0.2, 0) is 0 Å². The van der Waals surface area contributed by atoms with Gasteiger partial charge in [-0.3, -0.25) is 9.80 Å². The van der Waals surface area contributed by atoms with E-state index in [2.05, 4.69) is 94.5 Å². The zero-order chi connectivity index (χ0) is 24.2. The number of halogens is 3. The summed E-state index contributed by atoms with van der Waals surface area (Å²) in [5, 5.41) is 11.1. The summed E-state index contributed by atoms with van der Waals surface area (Å²) in [4.78, 5) is 13.1. The molecule has 0 amide bonds. The normalized spacial score (nSPS) is 14.7. The zero-order valence-corrected chi connectivity index (χ0v) is 24.2. The molecule has 1 unspecified atom stereocenters. The number of aromatic nitrogens is 2. The molecule has 0 bridgehead atoms. The molecule has 5 rings (SSSR count). The van der Waals surface area contributed by atoms with Crippen LogP contribution in [0.4, 0.5) is 0 Å². The lowest BCUT2D eigenvalue weighted by Crippen LogP contribution is -2.48. The van der Waals surface area contributed by atoms with Gasteiger partial charge in [-0.05, 0) is 30.5 Å². The fourth-order valence-electron chi connectivity index (χ4n) is 5.18. The van der Waals surface area contributed by atoms with Crippen molar-refractivity contribution in [1.29, 1.82) is 0 Å². The molecule has 3 aromatic carbocycles. The van der Waals surface area contributed by atoms with Crippen LogP contribution in [0.5, 0.6) is 0 Å². The summed E-state index contributed by atoms with van der Waals surface area (Å²) in [6, 6.07) is 30.0. The quantitative estimate of drug-likeness (QED) is 0.268. The lowest BCUT2D eigenvalue weighted by molar-refractivity contribution is 0.0606. The number of piperazine rings is 1. The number of hydrogen-bond donors (Lipinski definition) is 2. The third-order valence-corrected chi connectivity index (χ3v) is 7.07. The van der Waals surface area contributed by atoms with Crippen molar-refractivity contribution >= 4 is 37.2 Å². The monoisotopic (exact) mass is 574 g/mol. The fourth-order valence-corrected chi connectivity index (χ4v) is 5.18. The predicted octanol–water partition coefficient (Wildman–Crippen LogP) is 6.40. The van der Waals surface area contributed by atoms with E-state index in [0.29, 0.717) is 6.54 Å². The lowest BCUT2D eigenvalue weighted by atomic mass is 9.96. The largest absolute Gasteiger partial charge is 0.385 e. The zero-order valence-electron chi connectivity index (χ0n) is 21.8. The first kappa shape index (κ1) is 31.8. The van der Waals surface area contributed by atoms with Gasteiger partial charge in [-0.1, -0.05) is 84.9 Å². The molecule has 1 aliphatic heterocycles. The number of β-amino-alcohol motifs (C(OH)–C–C–N with tert-alkyl or cyclic N) is 1. The first-order valence-electron chi connectivity index (χ1n) is 12.5. The van der Waals surface area contributed by atoms with Gasteiger partial charge in [-0.2, -0.15) is 0 Å². The van der Waals surface area contributed by atoms with Crippen molar-refractivity contribution in [3.8, 4) is 11.4 Å². The minimum atomic E-state index is -0.616. The maximum Gasteiger partial charge on any atom is 0.138 e. The molecule has 5 nitrogen and oxygen atoms in total. The van der Waals surface area contributed by atoms with Crippen LogP contribution >= 0.6 is 37.2 Å². The Morgan fingerprint density at radius 3 is 1.84 bits per heavy atom. The Labute approximate surface area is 244 Å². The molecule has 0 saturated carbocycles. The van der Waals surface area contributed by atoms with E-state index < -0.39 is 6.10 Å². The predicted molar refractivity (Wildman–Crippen MR) is 163 cm³/mol. The summed E-state index contributed by atoms with van der Waals surface area (Å²) in [5.74, 6) is 0.827. The van der Waals surface area contributed by atoms with Crippen LogP contribution in [0.1, 0.15) is 40.2 Å². The van der Waals surface area contributed by atoms with Crippen molar-refractivity contribution in [3.63, 3.8) is 0 Å². The Bertz CT molecular complexity index is 1210. The summed E-state index contributed by atoms with van der Waals surface area (Å²) in [7, 11) is 0. The SMILES string of the molecule is Cc1ccccc1-c1nc(C(O)CN2CCN(C(c3ccccc3)c3ccccc3)CC2)c(C)[nH]1.Cl.Cl.Cl. The number of imidazole rings is 1. The summed E-state index contributed by atoms with van der Waals surface area (Å²) >= 11 is 0. The Balaban J connectivity index is 0.00000169. The van der Waals surface area contributed by atoms with Gasteiger partial charge in [0.15, 0.2) is 0 Å². The number of nitrogens with zero attached hydrogens (tertiary/aromatic N) is 3. The number of rotatable bonds is 7. The highest BCUT2D eigenvalue weighted by atomic mass is 35.5. The van der Waals surface area contributed by atoms with Crippen LogP contribution in [0.15, 0.2) is 84.9 Å². The van der Waals surface area contributed by atoms with Gasteiger partial charge in [0.1, 0.15) is 11.9 Å². The number of H-pyrrole nitrogens is 1. The van der Waals surface area contributed by atoms with Gasteiger partial charge in [0.2, 0.25) is 0 Å². The molecule has 2 N–H and O–H groups in total. The van der Waals surface area contributed by atoms with E-state index in [0.717, 1.165) is 49.0 Å². The number of nitrogens with one attached hydrogen (secondary N) is 1. The molecule has 1 atom stereocenters. The first-order chi connectivity index (χ1) is 17.1. The standard InChI is InChI=1S/C30H34N4O.3ClH/c1-22-11-9-10-16-26(22)30-31-23(2)28(32-30)27(35)21-33-17-19-34(20-18-33)29(24-12-5-3-6-13-24)25-14-7-4-8-15-25;;;/h3-16,27,29,35H,17-21H2,1-2H3,(H,31,32);3*1H. The molecular weight excluding hydrogens is 539 g/mol.